The molecule has 0 radical (unpaired) electrons. The number of rotatable bonds is 4. The van der Waals surface area contributed by atoms with Gasteiger partial charge in [-0.15, -0.1) is 0 Å². The van der Waals surface area contributed by atoms with Gasteiger partial charge in [-0.3, -0.25) is 4.79 Å². The molecule has 1 rings (SSSR count). The van der Waals surface area contributed by atoms with Gasteiger partial charge in [0, 0.05) is 13.6 Å². The van der Waals surface area contributed by atoms with Crippen LogP contribution < -0.4 is 0 Å². The number of nitrogens with zero attached hydrogens (tertiary/aromatic N) is 2. The SMILES string of the molecule is CC(C#N)CN(C)C(=O)c1ccccc1C(=O)O. The summed E-state index contributed by atoms with van der Waals surface area (Å²) in [5, 5.41) is 17.7. The maximum atomic E-state index is 12.1. The van der Waals surface area contributed by atoms with Gasteiger partial charge in [-0.05, 0) is 19.1 Å². The second-order valence-electron chi connectivity index (χ2n) is 4.07. The molecule has 1 aromatic carbocycles. The fourth-order valence-electron chi connectivity index (χ4n) is 1.60. The van der Waals surface area contributed by atoms with Crippen molar-refractivity contribution in [1.82, 2.24) is 4.90 Å². The number of benzene rings is 1. The van der Waals surface area contributed by atoms with Gasteiger partial charge in [0.2, 0.25) is 0 Å². The third-order valence-electron chi connectivity index (χ3n) is 2.50. The number of carbonyl (C=O) groups excluding carboxylic acids is 1. The van der Waals surface area contributed by atoms with E-state index in [0.717, 1.165) is 0 Å². The average Bonchev–Trinajstić information content (AvgIpc) is 2.37. The minimum absolute atomic E-state index is 0.0287. The van der Waals surface area contributed by atoms with E-state index >= 15 is 0 Å². The lowest BCUT2D eigenvalue weighted by Crippen LogP contribution is -2.31. The molecule has 0 heterocycles. The van der Waals surface area contributed by atoms with E-state index in [4.69, 9.17) is 10.4 Å². The van der Waals surface area contributed by atoms with Crippen LogP contribution in [0.15, 0.2) is 24.3 Å². The summed E-state index contributed by atoms with van der Waals surface area (Å²) in [6.45, 7) is 1.97. The molecule has 1 N–H and O–H groups in total. The third kappa shape index (κ3) is 3.08. The third-order valence-corrected chi connectivity index (χ3v) is 2.50. The number of hydrogen-bond acceptors (Lipinski definition) is 3. The summed E-state index contributed by atoms with van der Waals surface area (Å²) in [4.78, 5) is 24.4. The van der Waals surface area contributed by atoms with Gasteiger partial charge >= 0.3 is 5.97 Å². The number of carboxylic acid groups (broad SMARTS) is 1. The zero-order valence-corrected chi connectivity index (χ0v) is 10.3. The van der Waals surface area contributed by atoms with Crippen LogP contribution in [-0.2, 0) is 0 Å². The molecule has 0 spiro atoms. The highest BCUT2D eigenvalue weighted by atomic mass is 16.4. The molecule has 0 aliphatic carbocycles. The number of amides is 1. The van der Waals surface area contributed by atoms with Crippen LogP contribution in [0, 0.1) is 17.2 Å². The number of nitriles is 1. The summed E-state index contributed by atoms with van der Waals surface area (Å²) in [6.07, 6.45) is 0. The fraction of sp³-hybridized carbons (Fsp3) is 0.308. The maximum absolute atomic E-state index is 12.1. The molecule has 0 saturated carbocycles. The Kier molecular flexibility index (Phi) is 4.44. The van der Waals surface area contributed by atoms with Crippen molar-refractivity contribution in [3.05, 3.63) is 35.4 Å². The number of aromatic carboxylic acids is 1. The Balaban J connectivity index is 2.98. The second-order valence-corrected chi connectivity index (χ2v) is 4.07. The van der Waals surface area contributed by atoms with Gasteiger partial charge in [-0.25, -0.2) is 4.79 Å². The van der Waals surface area contributed by atoms with E-state index in [2.05, 4.69) is 0 Å². The van der Waals surface area contributed by atoms with E-state index in [-0.39, 0.29) is 23.6 Å². The highest BCUT2D eigenvalue weighted by Gasteiger charge is 2.19. The second kappa shape index (κ2) is 5.82. The van der Waals surface area contributed by atoms with Crippen molar-refractivity contribution < 1.29 is 14.7 Å². The van der Waals surface area contributed by atoms with Gasteiger partial charge in [-0.2, -0.15) is 5.26 Å². The van der Waals surface area contributed by atoms with Crippen molar-refractivity contribution >= 4 is 11.9 Å². The molecule has 0 saturated heterocycles. The standard InChI is InChI=1S/C13H14N2O3/c1-9(7-14)8-15(2)12(16)10-5-3-4-6-11(10)13(17)18/h3-6,9H,8H2,1-2H3,(H,17,18). The monoisotopic (exact) mass is 246 g/mol. The Hall–Kier alpha value is -2.35. The first-order valence-electron chi connectivity index (χ1n) is 5.44. The first kappa shape index (κ1) is 13.7. The summed E-state index contributed by atoms with van der Waals surface area (Å²) in [5.41, 5.74) is 0.108. The molecule has 18 heavy (non-hydrogen) atoms. The molecule has 0 bridgehead atoms. The zero-order valence-electron chi connectivity index (χ0n) is 10.3. The Morgan fingerprint density at radius 3 is 2.44 bits per heavy atom. The van der Waals surface area contributed by atoms with Gasteiger partial charge in [-0.1, -0.05) is 12.1 Å². The molecule has 0 aliphatic heterocycles. The van der Waals surface area contributed by atoms with Crippen LogP contribution in [0.25, 0.3) is 0 Å². The fourth-order valence-corrected chi connectivity index (χ4v) is 1.60. The largest absolute Gasteiger partial charge is 0.478 e. The molecule has 0 fully saturated rings. The summed E-state index contributed by atoms with van der Waals surface area (Å²) in [7, 11) is 1.55. The number of carboxylic acids is 1. The summed E-state index contributed by atoms with van der Waals surface area (Å²) in [5.74, 6) is -1.83. The first-order chi connectivity index (χ1) is 8.47. The molecular formula is C13H14N2O3. The number of carbonyl (C=O) groups is 2. The maximum Gasteiger partial charge on any atom is 0.336 e. The van der Waals surface area contributed by atoms with E-state index in [1.165, 1.54) is 17.0 Å². The lowest BCUT2D eigenvalue weighted by molar-refractivity contribution is 0.0680. The molecular weight excluding hydrogens is 232 g/mol. The van der Waals surface area contributed by atoms with E-state index < -0.39 is 11.9 Å². The van der Waals surface area contributed by atoms with Crippen LogP contribution in [0.4, 0.5) is 0 Å². The van der Waals surface area contributed by atoms with Gasteiger partial charge in [0.25, 0.3) is 5.91 Å². The smallest absolute Gasteiger partial charge is 0.336 e. The van der Waals surface area contributed by atoms with Crippen LogP contribution in [0.3, 0.4) is 0 Å². The molecule has 94 valence electrons. The molecule has 0 aromatic heterocycles. The summed E-state index contributed by atoms with van der Waals surface area (Å²) >= 11 is 0. The Bertz CT molecular complexity index is 505. The quantitative estimate of drug-likeness (QED) is 0.875. The van der Waals surface area contributed by atoms with Gasteiger partial charge in [0.05, 0.1) is 23.1 Å². The topological polar surface area (TPSA) is 81.4 Å². The molecule has 0 aliphatic rings. The van der Waals surface area contributed by atoms with Crippen molar-refractivity contribution in [1.29, 1.82) is 5.26 Å². The lowest BCUT2D eigenvalue weighted by Gasteiger charge is -2.19. The Morgan fingerprint density at radius 2 is 1.94 bits per heavy atom. The van der Waals surface area contributed by atoms with E-state index in [1.807, 2.05) is 6.07 Å². The molecule has 5 nitrogen and oxygen atoms in total. The van der Waals surface area contributed by atoms with Crippen LogP contribution in [0.2, 0.25) is 0 Å². The van der Waals surface area contributed by atoms with Crippen molar-refractivity contribution in [2.45, 2.75) is 6.92 Å². The summed E-state index contributed by atoms with van der Waals surface area (Å²) in [6, 6.07) is 8.07. The molecule has 1 aromatic rings. The summed E-state index contributed by atoms with van der Waals surface area (Å²) < 4.78 is 0. The minimum atomic E-state index is -1.14. The Morgan fingerprint density at radius 1 is 1.39 bits per heavy atom. The first-order valence-corrected chi connectivity index (χ1v) is 5.44. The van der Waals surface area contributed by atoms with Crippen molar-refractivity contribution in [3.8, 4) is 6.07 Å². The van der Waals surface area contributed by atoms with Crippen LogP contribution >= 0.6 is 0 Å². The zero-order chi connectivity index (χ0) is 13.7. The molecule has 1 atom stereocenters. The van der Waals surface area contributed by atoms with Gasteiger partial charge < -0.3 is 10.0 Å². The number of hydrogen-bond donors (Lipinski definition) is 1. The van der Waals surface area contributed by atoms with Crippen molar-refractivity contribution in [2.24, 2.45) is 5.92 Å². The predicted octanol–water partition coefficient (Wildman–Crippen LogP) is 1.62. The lowest BCUT2D eigenvalue weighted by atomic mass is 10.1. The van der Waals surface area contributed by atoms with Crippen molar-refractivity contribution in [3.63, 3.8) is 0 Å². The average molecular weight is 246 g/mol. The molecule has 5 heteroatoms. The normalized spacial score (nSPS) is 11.4. The van der Waals surface area contributed by atoms with E-state index in [0.29, 0.717) is 0 Å². The molecule has 1 unspecified atom stereocenters. The predicted molar refractivity (Wildman–Crippen MR) is 65.1 cm³/mol. The minimum Gasteiger partial charge on any atom is -0.478 e. The van der Waals surface area contributed by atoms with Gasteiger partial charge in [0.1, 0.15) is 0 Å². The Labute approximate surface area is 105 Å². The highest BCUT2D eigenvalue weighted by Crippen LogP contribution is 2.12. The van der Waals surface area contributed by atoms with E-state index in [9.17, 15) is 9.59 Å². The van der Waals surface area contributed by atoms with Gasteiger partial charge in [0.15, 0.2) is 0 Å². The van der Waals surface area contributed by atoms with Crippen molar-refractivity contribution in [2.75, 3.05) is 13.6 Å². The highest BCUT2D eigenvalue weighted by molar-refractivity contribution is 6.04. The van der Waals surface area contributed by atoms with Crippen LogP contribution in [0.5, 0.6) is 0 Å². The van der Waals surface area contributed by atoms with Crippen LogP contribution in [0.1, 0.15) is 27.6 Å². The van der Waals surface area contributed by atoms with Crippen LogP contribution in [-0.4, -0.2) is 35.5 Å². The molecule has 1 amide bonds. The van der Waals surface area contributed by atoms with E-state index in [1.54, 1.807) is 26.1 Å².